The summed E-state index contributed by atoms with van der Waals surface area (Å²) in [5.41, 5.74) is 0. The lowest BCUT2D eigenvalue weighted by atomic mass is 9.97. The molecule has 0 fully saturated rings. The second-order valence-corrected chi connectivity index (χ2v) is 15.8. The van der Waals surface area contributed by atoms with Crippen molar-refractivity contribution in [3.05, 3.63) is 42.5 Å². The summed E-state index contributed by atoms with van der Waals surface area (Å²) in [5.74, 6) is 1.44. The molecule has 0 saturated carbocycles. The molecule has 3 unspecified atom stereocenters. The maximum atomic E-state index is 12.7. The fourth-order valence-corrected chi connectivity index (χ4v) is 5.34. The van der Waals surface area contributed by atoms with Gasteiger partial charge >= 0.3 is 0 Å². The van der Waals surface area contributed by atoms with Crippen LogP contribution in [0.15, 0.2) is 47.4 Å². The maximum Gasteiger partial charge on any atom is 0.192 e. The molecule has 0 spiro atoms. The average molecular weight is 437 g/mol. The molecule has 4 atom stereocenters. The van der Waals surface area contributed by atoms with Crippen molar-refractivity contribution in [1.82, 2.24) is 0 Å². The third-order valence-electron chi connectivity index (χ3n) is 5.72. The van der Waals surface area contributed by atoms with Gasteiger partial charge < -0.3 is 14.3 Å². The quantitative estimate of drug-likeness (QED) is 0.403. The number of terminal acetylenes is 1. The molecule has 7 heteroatoms. The van der Waals surface area contributed by atoms with Gasteiger partial charge in [0, 0.05) is 0 Å². The predicted molar refractivity (Wildman–Crippen MR) is 118 cm³/mol. The van der Waals surface area contributed by atoms with Gasteiger partial charge in [-0.1, -0.05) is 57.0 Å². The molecular formula is C22H32O5SSi. The SMILES string of the molecule is C#C[C@H](CS(=O)(=O)c1ccccc1)C1OC(CO[Si](C)(C)C(C)(C)C)C=CC1O. The van der Waals surface area contributed by atoms with Gasteiger partial charge in [-0.15, -0.1) is 6.42 Å². The number of hydrogen-bond acceptors (Lipinski definition) is 5. The zero-order valence-corrected chi connectivity index (χ0v) is 19.6. The highest BCUT2D eigenvalue weighted by Gasteiger charge is 2.39. The van der Waals surface area contributed by atoms with Crippen LogP contribution < -0.4 is 0 Å². The van der Waals surface area contributed by atoms with Crippen LogP contribution in [-0.4, -0.2) is 52.5 Å². The van der Waals surface area contributed by atoms with Crippen LogP contribution in [0.4, 0.5) is 0 Å². The summed E-state index contributed by atoms with van der Waals surface area (Å²) in [6.45, 7) is 11.1. The number of benzene rings is 1. The van der Waals surface area contributed by atoms with Crippen LogP contribution in [0.5, 0.6) is 0 Å². The minimum atomic E-state index is -3.60. The van der Waals surface area contributed by atoms with Gasteiger partial charge in [0.1, 0.15) is 6.10 Å². The summed E-state index contributed by atoms with van der Waals surface area (Å²) in [5, 5.41) is 10.4. The lowest BCUT2D eigenvalue weighted by Gasteiger charge is -2.38. The van der Waals surface area contributed by atoms with E-state index in [4.69, 9.17) is 15.6 Å². The minimum Gasteiger partial charge on any atom is -0.414 e. The molecule has 0 bridgehead atoms. The highest BCUT2D eigenvalue weighted by Crippen LogP contribution is 2.37. The van der Waals surface area contributed by atoms with Gasteiger partial charge in [-0.25, -0.2) is 8.42 Å². The Morgan fingerprint density at radius 1 is 1.24 bits per heavy atom. The van der Waals surface area contributed by atoms with E-state index in [2.05, 4.69) is 39.8 Å². The molecule has 2 rings (SSSR count). The molecule has 1 heterocycles. The molecule has 1 aliphatic rings. The Labute approximate surface area is 176 Å². The molecule has 1 aromatic carbocycles. The van der Waals surface area contributed by atoms with E-state index in [-0.39, 0.29) is 21.8 Å². The van der Waals surface area contributed by atoms with Gasteiger partial charge in [-0.2, -0.15) is 0 Å². The van der Waals surface area contributed by atoms with Gasteiger partial charge in [-0.05, 0) is 30.3 Å². The van der Waals surface area contributed by atoms with Crippen LogP contribution in [0.2, 0.25) is 18.1 Å². The third-order valence-corrected chi connectivity index (χ3v) is 12.0. The largest absolute Gasteiger partial charge is 0.414 e. The van der Waals surface area contributed by atoms with Crippen molar-refractivity contribution in [2.45, 2.75) is 62.1 Å². The molecule has 5 nitrogen and oxygen atoms in total. The summed E-state index contributed by atoms with van der Waals surface area (Å²) < 4.78 is 37.7. The molecular weight excluding hydrogens is 404 g/mol. The molecule has 160 valence electrons. The normalized spacial score (nSPS) is 24.1. The first-order valence-corrected chi connectivity index (χ1v) is 14.3. The summed E-state index contributed by atoms with van der Waals surface area (Å²) in [6, 6.07) is 8.17. The topological polar surface area (TPSA) is 72.8 Å². The van der Waals surface area contributed by atoms with Gasteiger partial charge in [0.25, 0.3) is 0 Å². The van der Waals surface area contributed by atoms with E-state index in [1.54, 1.807) is 30.4 Å². The maximum absolute atomic E-state index is 12.7. The van der Waals surface area contributed by atoms with E-state index in [1.807, 2.05) is 0 Å². The van der Waals surface area contributed by atoms with Crippen LogP contribution in [0.25, 0.3) is 0 Å². The Morgan fingerprint density at radius 3 is 2.41 bits per heavy atom. The van der Waals surface area contributed by atoms with Crippen LogP contribution in [-0.2, 0) is 19.0 Å². The first-order valence-electron chi connectivity index (χ1n) is 9.77. The van der Waals surface area contributed by atoms with Crippen molar-refractivity contribution in [2.75, 3.05) is 12.4 Å². The third kappa shape index (κ3) is 6.03. The zero-order chi connectivity index (χ0) is 21.9. The molecule has 0 radical (unpaired) electrons. The van der Waals surface area contributed by atoms with Crippen molar-refractivity contribution < 1.29 is 22.7 Å². The Morgan fingerprint density at radius 2 is 1.86 bits per heavy atom. The average Bonchev–Trinajstić information content (AvgIpc) is 2.65. The highest BCUT2D eigenvalue weighted by molar-refractivity contribution is 7.91. The van der Waals surface area contributed by atoms with Gasteiger partial charge in [-0.3, -0.25) is 0 Å². The standard InChI is InChI=1S/C22H32O5SSi/c1-7-17(16-28(24,25)19-11-9-8-10-12-19)21-20(23)14-13-18(27-21)15-26-29(5,6)22(2,3)4/h1,8-14,17-18,20-21,23H,15-16H2,2-6H3/t17-,18?,20?,21?/m1/s1. The molecule has 29 heavy (non-hydrogen) atoms. The van der Waals surface area contributed by atoms with E-state index >= 15 is 0 Å². The van der Waals surface area contributed by atoms with Crippen LogP contribution in [0.1, 0.15) is 20.8 Å². The first-order chi connectivity index (χ1) is 13.4. The van der Waals surface area contributed by atoms with E-state index in [0.717, 1.165) is 0 Å². The smallest absolute Gasteiger partial charge is 0.192 e. The van der Waals surface area contributed by atoms with Crippen LogP contribution in [0.3, 0.4) is 0 Å². The predicted octanol–water partition coefficient (Wildman–Crippen LogP) is 3.42. The summed E-state index contributed by atoms with van der Waals surface area (Å²) >= 11 is 0. The number of aliphatic hydroxyl groups is 1. The molecule has 0 amide bonds. The Balaban J connectivity index is 2.10. The first kappa shape index (κ1) is 23.8. The number of hydrogen-bond donors (Lipinski definition) is 1. The molecule has 0 saturated heterocycles. The van der Waals surface area contributed by atoms with Gasteiger partial charge in [0.2, 0.25) is 0 Å². The lowest BCUT2D eigenvalue weighted by molar-refractivity contribution is -0.0827. The molecule has 1 aromatic rings. The summed E-state index contributed by atoms with van der Waals surface area (Å²) in [7, 11) is -5.56. The van der Waals surface area contributed by atoms with Crippen LogP contribution >= 0.6 is 0 Å². The van der Waals surface area contributed by atoms with Gasteiger partial charge in [0.15, 0.2) is 18.2 Å². The Kier molecular flexibility index (Phi) is 7.52. The second-order valence-electron chi connectivity index (χ2n) is 8.95. The van der Waals surface area contributed by atoms with Crippen molar-refractivity contribution in [3.8, 4) is 12.3 Å². The molecule has 0 aliphatic carbocycles. The molecule has 1 aliphatic heterocycles. The van der Waals surface area contributed by atoms with E-state index in [1.165, 1.54) is 12.1 Å². The highest BCUT2D eigenvalue weighted by atomic mass is 32.2. The Hall–Kier alpha value is -1.43. The number of ether oxygens (including phenoxy) is 1. The number of sulfone groups is 1. The van der Waals surface area contributed by atoms with Crippen molar-refractivity contribution in [1.29, 1.82) is 0 Å². The molecule has 1 N–H and O–H groups in total. The number of rotatable bonds is 7. The summed E-state index contributed by atoms with van der Waals surface area (Å²) in [6.07, 6.45) is 6.86. The van der Waals surface area contributed by atoms with E-state index in [9.17, 15) is 13.5 Å². The number of aliphatic hydroxyl groups excluding tert-OH is 1. The van der Waals surface area contributed by atoms with Crippen molar-refractivity contribution in [2.24, 2.45) is 5.92 Å². The fourth-order valence-electron chi connectivity index (χ4n) is 2.81. The second kappa shape index (κ2) is 9.15. The van der Waals surface area contributed by atoms with Gasteiger partial charge in [0.05, 0.1) is 35.4 Å². The van der Waals surface area contributed by atoms with Crippen molar-refractivity contribution >= 4 is 18.2 Å². The fraction of sp³-hybridized carbons (Fsp3) is 0.545. The zero-order valence-electron chi connectivity index (χ0n) is 17.8. The van der Waals surface area contributed by atoms with Crippen molar-refractivity contribution in [3.63, 3.8) is 0 Å². The van der Waals surface area contributed by atoms with E-state index < -0.39 is 36.3 Å². The monoisotopic (exact) mass is 436 g/mol. The molecule has 0 aromatic heterocycles. The minimum absolute atomic E-state index is 0.0649. The van der Waals surface area contributed by atoms with E-state index in [0.29, 0.717) is 6.61 Å². The lowest BCUT2D eigenvalue weighted by Crippen LogP contribution is -2.46. The van der Waals surface area contributed by atoms with Crippen LogP contribution in [0, 0.1) is 18.3 Å². The Bertz CT molecular complexity index is 849. The summed E-state index contributed by atoms with van der Waals surface area (Å²) in [4.78, 5) is 0.207.